The molecule has 1 amide bonds. The van der Waals surface area contributed by atoms with Crippen LogP contribution in [-0.2, 0) is 17.0 Å². The van der Waals surface area contributed by atoms with Gasteiger partial charge in [-0.05, 0) is 76.8 Å². The number of amides is 1. The summed E-state index contributed by atoms with van der Waals surface area (Å²) in [6.45, 7) is 5.09. The SMILES string of the molecule is CN(C)CCCNC(=O)C(C)(C)Oc1ccc2[nH]c(=O)c3c(c2c1)CCSC3. The van der Waals surface area contributed by atoms with Crippen molar-refractivity contribution in [2.45, 2.75) is 38.0 Å². The predicted octanol–water partition coefficient (Wildman–Crippen LogP) is 2.54. The van der Waals surface area contributed by atoms with E-state index < -0.39 is 5.60 Å². The zero-order valence-electron chi connectivity index (χ0n) is 17.1. The third-order valence-corrected chi connectivity index (χ3v) is 5.92. The lowest BCUT2D eigenvalue weighted by Crippen LogP contribution is -2.47. The summed E-state index contributed by atoms with van der Waals surface area (Å²) >= 11 is 1.78. The Balaban J connectivity index is 1.77. The quantitative estimate of drug-likeness (QED) is 0.695. The molecule has 0 spiro atoms. The van der Waals surface area contributed by atoms with E-state index in [9.17, 15) is 9.59 Å². The molecular weight excluding hydrogens is 374 g/mol. The van der Waals surface area contributed by atoms with Crippen LogP contribution < -0.4 is 15.6 Å². The minimum Gasteiger partial charge on any atom is -0.478 e. The van der Waals surface area contributed by atoms with E-state index in [0.29, 0.717) is 12.3 Å². The Labute approximate surface area is 170 Å². The first-order chi connectivity index (χ1) is 13.3. The van der Waals surface area contributed by atoms with Gasteiger partial charge >= 0.3 is 0 Å². The highest BCUT2D eigenvalue weighted by Gasteiger charge is 2.30. The minimum atomic E-state index is -0.982. The van der Waals surface area contributed by atoms with Crippen LogP contribution in [0.25, 0.3) is 10.9 Å². The van der Waals surface area contributed by atoms with Gasteiger partial charge in [-0.2, -0.15) is 11.8 Å². The molecule has 0 aliphatic carbocycles. The Morgan fingerprint density at radius 3 is 2.86 bits per heavy atom. The number of hydrogen-bond donors (Lipinski definition) is 2. The first-order valence-electron chi connectivity index (χ1n) is 9.65. The first-order valence-corrected chi connectivity index (χ1v) is 10.8. The molecule has 0 radical (unpaired) electrons. The van der Waals surface area contributed by atoms with Gasteiger partial charge in [-0.3, -0.25) is 9.59 Å². The number of H-pyrrole nitrogens is 1. The molecule has 0 unspecified atom stereocenters. The number of carbonyl (C=O) groups is 1. The van der Waals surface area contributed by atoms with Crippen molar-refractivity contribution in [1.82, 2.24) is 15.2 Å². The van der Waals surface area contributed by atoms with Gasteiger partial charge in [0.05, 0.1) is 0 Å². The highest BCUT2D eigenvalue weighted by Crippen LogP contribution is 2.30. The Morgan fingerprint density at radius 1 is 1.32 bits per heavy atom. The van der Waals surface area contributed by atoms with Crippen molar-refractivity contribution in [3.8, 4) is 5.75 Å². The topological polar surface area (TPSA) is 74.4 Å². The second-order valence-corrected chi connectivity index (χ2v) is 9.05. The number of aryl methyl sites for hydroxylation is 1. The Morgan fingerprint density at radius 2 is 2.11 bits per heavy atom. The Hall–Kier alpha value is -1.99. The second-order valence-electron chi connectivity index (χ2n) is 7.95. The highest BCUT2D eigenvalue weighted by atomic mass is 32.2. The normalized spacial score (nSPS) is 14.2. The van der Waals surface area contributed by atoms with Crippen molar-refractivity contribution >= 4 is 28.6 Å². The fraction of sp³-hybridized carbons (Fsp3) is 0.524. The van der Waals surface area contributed by atoms with Crippen molar-refractivity contribution in [3.63, 3.8) is 0 Å². The second kappa shape index (κ2) is 8.57. The maximum atomic E-state index is 12.6. The number of aromatic nitrogens is 1. The summed E-state index contributed by atoms with van der Waals surface area (Å²) in [5.74, 6) is 2.25. The van der Waals surface area contributed by atoms with Crippen LogP contribution in [0.5, 0.6) is 5.75 Å². The van der Waals surface area contributed by atoms with Crippen molar-refractivity contribution in [2.75, 3.05) is 32.9 Å². The minimum absolute atomic E-state index is 0.000741. The molecule has 6 nitrogen and oxygen atoms in total. The average Bonchev–Trinajstić information content (AvgIpc) is 2.65. The van der Waals surface area contributed by atoms with Gasteiger partial charge in [0.1, 0.15) is 5.75 Å². The molecule has 0 saturated heterocycles. The van der Waals surface area contributed by atoms with Gasteiger partial charge in [0, 0.05) is 28.8 Å². The van der Waals surface area contributed by atoms with Crippen LogP contribution in [0.3, 0.4) is 0 Å². The Kier molecular flexibility index (Phi) is 6.35. The van der Waals surface area contributed by atoms with Crippen molar-refractivity contribution in [2.24, 2.45) is 0 Å². The van der Waals surface area contributed by atoms with Crippen molar-refractivity contribution < 1.29 is 9.53 Å². The number of pyridine rings is 1. The predicted molar refractivity (Wildman–Crippen MR) is 115 cm³/mol. The monoisotopic (exact) mass is 403 g/mol. The third kappa shape index (κ3) is 4.70. The van der Waals surface area contributed by atoms with Crippen LogP contribution in [-0.4, -0.2) is 54.3 Å². The van der Waals surface area contributed by atoms with E-state index in [0.717, 1.165) is 52.9 Å². The number of nitrogens with one attached hydrogen (secondary N) is 2. The van der Waals surface area contributed by atoms with E-state index in [2.05, 4.69) is 15.2 Å². The first kappa shape index (κ1) is 20.7. The lowest BCUT2D eigenvalue weighted by atomic mass is 10.0. The fourth-order valence-electron chi connectivity index (χ4n) is 3.38. The van der Waals surface area contributed by atoms with Gasteiger partial charge in [-0.25, -0.2) is 0 Å². The molecule has 2 aromatic rings. The zero-order valence-corrected chi connectivity index (χ0v) is 17.9. The Bertz CT molecular complexity index is 921. The standard InChI is InChI=1S/C21H29N3O3S/c1-21(2,20(26)22-9-5-10-24(3)4)27-14-6-7-18-16(12-14)15-8-11-28-13-17(15)19(25)23-18/h6-7,12H,5,8-11,13H2,1-4H3,(H,22,26)(H,23,25). The summed E-state index contributed by atoms with van der Waals surface area (Å²) in [7, 11) is 4.03. The molecule has 3 rings (SSSR count). The molecule has 7 heteroatoms. The largest absolute Gasteiger partial charge is 0.478 e. The van der Waals surface area contributed by atoms with E-state index in [-0.39, 0.29) is 11.5 Å². The summed E-state index contributed by atoms with van der Waals surface area (Å²) in [4.78, 5) is 29.9. The number of fused-ring (bicyclic) bond motifs is 3. The lowest BCUT2D eigenvalue weighted by Gasteiger charge is -2.26. The smallest absolute Gasteiger partial charge is 0.263 e. The van der Waals surface area contributed by atoms with Gasteiger partial charge in [0.15, 0.2) is 5.60 Å². The van der Waals surface area contributed by atoms with Gasteiger partial charge in [0.2, 0.25) is 0 Å². The number of thioether (sulfide) groups is 1. The van der Waals surface area contributed by atoms with Crippen LogP contribution in [0.2, 0.25) is 0 Å². The van der Waals surface area contributed by atoms with Gasteiger partial charge in [-0.1, -0.05) is 0 Å². The number of carbonyl (C=O) groups excluding carboxylic acids is 1. The highest BCUT2D eigenvalue weighted by molar-refractivity contribution is 7.98. The number of aromatic amines is 1. The molecule has 2 N–H and O–H groups in total. The maximum absolute atomic E-state index is 12.6. The summed E-state index contributed by atoms with van der Waals surface area (Å²) in [5, 5.41) is 3.96. The van der Waals surface area contributed by atoms with E-state index in [4.69, 9.17) is 4.74 Å². The van der Waals surface area contributed by atoms with Crippen LogP contribution >= 0.6 is 11.8 Å². The van der Waals surface area contributed by atoms with E-state index in [1.807, 2.05) is 32.3 Å². The van der Waals surface area contributed by atoms with Crippen molar-refractivity contribution in [3.05, 3.63) is 39.7 Å². The van der Waals surface area contributed by atoms with Crippen LogP contribution in [0.1, 0.15) is 31.4 Å². The van der Waals surface area contributed by atoms with Crippen molar-refractivity contribution in [1.29, 1.82) is 0 Å². The number of rotatable bonds is 7. The van der Waals surface area contributed by atoms with Gasteiger partial charge in [-0.15, -0.1) is 0 Å². The van der Waals surface area contributed by atoms with Crippen LogP contribution in [0.4, 0.5) is 0 Å². The molecule has 1 aromatic heterocycles. The molecule has 1 aromatic carbocycles. The lowest BCUT2D eigenvalue weighted by molar-refractivity contribution is -0.134. The molecule has 0 fully saturated rings. The molecule has 152 valence electrons. The number of hydrogen-bond acceptors (Lipinski definition) is 5. The summed E-state index contributed by atoms with van der Waals surface area (Å²) in [6.07, 6.45) is 1.77. The zero-order chi connectivity index (χ0) is 20.3. The number of benzene rings is 1. The third-order valence-electron chi connectivity index (χ3n) is 4.93. The van der Waals surface area contributed by atoms with Crippen LogP contribution in [0.15, 0.2) is 23.0 Å². The summed E-state index contributed by atoms with van der Waals surface area (Å²) in [6, 6.07) is 5.61. The van der Waals surface area contributed by atoms with E-state index >= 15 is 0 Å². The molecule has 0 bridgehead atoms. The van der Waals surface area contributed by atoms with E-state index in [1.165, 1.54) is 0 Å². The van der Waals surface area contributed by atoms with Gasteiger partial charge < -0.3 is 19.9 Å². The number of ether oxygens (including phenoxy) is 1. The molecule has 0 atom stereocenters. The van der Waals surface area contributed by atoms with Crippen LogP contribution in [0, 0.1) is 0 Å². The molecule has 1 aliphatic rings. The molecule has 28 heavy (non-hydrogen) atoms. The fourth-order valence-corrected chi connectivity index (χ4v) is 4.38. The van der Waals surface area contributed by atoms with Gasteiger partial charge in [0.25, 0.3) is 11.5 Å². The molecular formula is C21H29N3O3S. The summed E-state index contributed by atoms with van der Waals surface area (Å²) in [5.41, 5.74) is 1.80. The molecule has 0 saturated carbocycles. The average molecular weight is 404 g/mol. The summed E-state index contributed by atoms with van der Waals surface area (Å²) < 4.78 is 6.05. The maximum Gasteiger partial charge on any atom is 0.263 e. The number of nitrogens with zero attached hydrogens (tertiary/aromatic N) is 1. The van der Waals surface area contributed by atoms with E-state index in [1.54, 1.807) is 25.6 Å². The molecule has 2 heterocycles. The molecule has 1 aliphatic heterocycles.